The fourth-order valence-electron chi connectivity index (χ4n) is 1.39. The van der Waals surface area contributed by atoms with Gasteiger partial charge in [-0.3, -0.25) is 10.1 Å². The summed E-state index contributed by atoms with van der Waals surface area (Å²) >= 11 is 11.9. The molecule has 5 heteroatoms. The summed E-state index contributed by atoms with van der Waals surface area (Å²) in [6, 6.07) is 4.50. The van der Waals surface area contributed by atoms with E-state index in [1.54, 1.807) is 19.1 Å². The molecule has 0 aliphatic heterocycles. The van der Waals surface area contributed by atoms with Crippen molar-refractivity contribution >= 4 is 29.2 Å². The Hall–Kier alpha value is -0.770. The lowest BCUT2D eigenvalue weighted by Crippen LogP contribution is -2.35. The monoisotopic (exact) mass is 261 g/mol. The van der Waals surface area contributed by atoms with Gasteiger partial charge < -0.3 is 5.11 Å². The molecule has 0 radical (unpaired) electrons. The molecule has 2 N–H and O–H groups in total. The average molecular weight is 262 g/mol. The van der Waals surface area contributed by atoms with E-state index in [1.165, 1.54) is 0 Å². The van der Waals surface area contributed by atoms with Crippen LogP contribution in [0.5, 0.6) is 0 Å². The minimum Gasteiger partial charge on any atom is -0.480 e. The summed E-state index contributed by atoms with van der Waals surface area (Å²) in [5, 5.41) is 12.6. The number of nitrogens with one attached hydrogen (secondary N) is 1. The molecule has 16 heavy (non-hydrogen) atoms. The molecule has 1 aromatic carbocycles. The van der Waals surface area contributed by atoms with Crippen LogP contribution in [-0.2, 0) is 4.79 Å². The third-order valence-electron chi connectivity index (χ3n) is 2.32. The lowest BCUT2D eigenvalue weighted by atomic mass is 10.1. The van der Waals surface area contributed by atoms with Crippen molar-refractivity contribution in [2.24, 2.45) is 0 Å². The number of hydrogen-bond acceptors (Lipinski definition) is 2. The standard InChI is InChI=1S/C11H13Cl2NO2/c1-6(14-7(2)11(15)16)8-4-3-5-9(12)10(8)13/h3-7,14H,1-2H3,(H,15,16). The second kappa shape index (κ2) is 5.53. The van der Waals surface area contributed by atoms with Crippen LogP contribution in [-0.4, -0.2) is 17.1 Å². The first-order valence-corrected chi connectivity index (χ1v) is 5.62. The van der Waals surface area contributed by atoms with Crippen LogP contribution in [0.4, 0.5) is 0 Å². The largest absolute Gasteiger partial charge is 0.480 e. The number of halogens is 2. The number of hydrogen-bond donors (Lipinski definition) is 2. The van der Waals surface area contributed by atoms with Gasteiger partial charge in [-0.05, 0) is 25.5 Å². The van der Waals surface area contributed by atoms with Crippen LogP contribution < -0.4 is 5.32 Å². The topological polar surface area (TPSA) is 49.3 Å². The fourth-order valence-corrected chi connectivity index (χ4v) is 1.86. The zero-order chi connectivity index (χ0) is 12.3. The van der Waals surface area contributed by atoms with Gasteiger partial charge in [0, 0.05) is 6.04 Å². The maximum Gasteiger partial charge on any atom is 0.320 e. The molecule has 0 amide bonds. The molecule has 0 heterocycles. The smallest absolute Gasteiger partial charge is 0.320 e. The number of benzene rings is 1. The highest BCUT2D eigenvalue weighted by Crippen LogP contribution is 2.29. The molecule has 0 saturated heterocycles. The van der Waals surface area contributed by atoms with E-state index >= 15 is 0 Å². The number of carboxylic acids is 1. The van der Waals surface area contributed by atoms with Gasteiger partial charge in [-0.2, -0.15) is 0 Å². The van der Waals surface area contributed by atoms with Gasteiger partial charge in [0.15, 0.2) is 0 Å². The van der Waals surface area contributed by atoms with Gasteiger partial charge in [-0.25, -0.2) is 0 Å². The SMILES string of the molecule is CC(NC(C)c1cccc(Cl)c1Cl)C(=O)O. The second-order valence-electron chi connectivity index (χ2n) is 3.59. The van der Waals surface area contributed by atoms with E-state index < -0.39 is 12.0 Å². The summed E-state index contributed by atoms with van der Waals surface area (Å²) < 4.78 is 0. The van der Waals surface area contributed by atoms with E-state index in [2.05, 4.69) is 5.32 Å². The van der Waals surface area contributed by atoms with Crippen molar-refractivity contribution in [3.05, 3.63) is 33.8 Å². The molecule has 1 aromatic rings. The molecule has 1 rings (SSSR count). The maximum absolute atomic E-state index is 10.7. The highest BCUT2D eigenvalue weighted by Gasteiger charge is 2.17. The summed E-state index contributed by atoms with van der Waals surface area (Å²) in [5.41, 5.74) is 0.794. The Morgan fingerprint density at radius 1 is 1.38 bits per heavy atom. The molecule has 0 fully saturated rings. The predicted octanol–water partition coefficient (Wildman–Crippen LogP) is 3.12. The van der Waals surface area contributed by atoms with Crippen molar-refractivity contribution in [2.45, 2.75) is 25.9 Å². The Balaban J connectivity index is 2.84. The predicted molar refractivity (Wildman–Crippen MR) is 65.1 cm³/mol. The molecular formula is C11H13Cl2NO2. The van der Waals surface area contributed by atoms with Crippen LogP contribution in [0.15, 0.2) is 18.2 Å². The Morgan fingerprint density at radius 3 is 2.56 bits per heavy atom. The van der Waals surface area contributed by atoms with E-state index in [1.807, 2.05) is 13.0 Å². The molecule has 0 saturated carbocycles. The van der Waals surface area contributed by atoms with E-state index in [-0.39, 0.29) is 6.04 Å². The van der Waals surface area contributed by atoms with E-state index in [0.717, 1.165) is 5.56 Å². The Bertz CT molecular complexity index is 396. The minimum absolute atomic E-state index is 0.169. The van der Waals surface area contributed by atoms with Gasteiger partial charge in [-0.15, -0.1) is 0 Å². The van der Waals surface area contributed by atoms with Crippen molar-refractivity contribution in [3.63, 3.8) is 0 Å². The van der Waals surface area contributed by atoms with Crippen LogP contribution in [0.3, 0.4) is 0 Å². The van der Waals surface area contributed by atoms with Gasteiger partial charge in [0.1, 0.15) is 6.04 Å². The summed E-state index contributed by atoms with van der Waals surface area (Å²) in [6.45, 7) is 3.42. The molecule has 3 nitrogen and oxygen atoms in total. The van der Waals surface area contributed by atoms with Crippen LogP contribution in [0, 0.1) is 0 Å². The molecular weight excluding hydrogens is 249 g/mol. The van der Waals surface area contributed by atoms with Crippen LogP contribution >= 0.6 is 23.2 Å². The maximum atomic E-state index is 10.7. The summed E-state index contributed by atoms with van der Waals surface area (Å²) in [6.07, 6.45) is 0. The highest BCUT2D eigenvalue weighted by atomic mass is 35.5. The van der Waals surface area contributed by atoms with Gasteiger partial charge >= 0.3 is 5.97 Å². The zero-order valence-corrected chi connectivity index (χ0v) is 10.5. The van der Waals surface area contributed by atoms with Crippen molar-refractivity contribution in [1.82, 2.24) is 5.32 Å². The first kappa shape index (κ1) is 13.3. The van der Waals surface area contributed by atoms with Crippen molar-refractivity contribution in [1.29, 1.82) is 0 Å². The molecule has 0 aliphatic carbocycles. The molecule has 0 aliphatic rings. The minimum atomic E-state index is -0.898. The Kier molecular flexibility index (Phi) is 4.59. The quantitative estimate of drug-likeness (QED) is 0.876. The van der Waals surface area contributed by atoms with E-state index in [9.17, 15) is 4.79 Å². The first-order chi connectivity index (χ1) is 7.43. The Morgan fingerprint density at radius 2 is 2.00 bits per heavy atom. The van der Waals surface area contributed by atoms with Crippen LogP contribution in [0.25, 0.3) is 0 Å². The van der Waals surface area contributed by atoms with Gasteiger partial charge in [-0.1, -0.05) is 35.3 Å². The molecule has 88 valence electrons. The molecule has 2 atom stereocenters. The van der Waals surface area contributed by atoms with Crippen LogP contribution in [0.1, 0.15) is 25.5 Å². The van der Waals surface area contributed by atoms with Crippen LogP contribution in [0.2, 0.25) is 10.0 Å². The normalized spacial score (nSPS) is 14.5. The van der Waals surface area contributed by atoms with E-state index in [4.69, 9.17) is 28.3 Å². The summed E-state index contributed by atoms with van der Waals surface area (Å²) in [4.78, 5) is 10.7. The number of aliphatic carboxylic acids is 1. The van der Waals surface area contributed by atoms with Gasteiger partial charge in [0.25, 0.3) is 0 Å². The molecule has 2 unspecified atom stereocenters. The number of carboxylic acid groups (broad SMARTS) is 1. The van der Waals surface area contributed by atoms with Crippen molar-refractivity contribution in [2.75, 3.05) is 0 Å². The third-order valence-corrected chi connectivity index (χ3v) is 3.15. The summed E-state index contributed by atoms with van der Waals surface area (Å²) in [7, 11) is 0. The number of rotatable bonds is 4. The lowest BCUT2D eigenvalue weighted by Gasteiger charge is -2.18. The molecule has 0 bridgehead atoms. The average Bonchev–Trinajstić information content (AvgIpc) is 2.21. The lowest BCUT2D eigenvalue weighted by molar-refractivity contribution is -0.139. The van der Waals surface area contributed by atoms with Crippen molar-refractivity contribution in [3.8, 4) is 0 Å². The van der Waals surface area contributed by atoms with Crippen molar-refractivity contribution < 1.29 is 9.90 Å². The summed E-state index contributed by atoms with van der Waals surface area (Å²) in [5.74, 6) is -0.898. The number of carbonyl (C=O) groups is 1. The fraction of sp³-hybridized carbons (Fsp3) is 0.364. The second-order valence-corrected chi connectivity index (χ2v) is 4.38. The first-order valence-electron chi connectivity index (χ1n) is 4.86. The highest BCUT2D eigenvalue weighted by molar-refractivity contribution is 6.42. The molecule has 0 spiro atoms. The molecule has 0 aromatic heterocycles. The van der Waals surface area contributed by atoms with E-state index in [0.29, 0.717) is 10.0 Å². The zero-order valence-electron chi connectivity index (χ0n) is 9.00. The third kappa shape index (κ3) is 3.11. The Labute approximate surface area is 104 Å². The van der Waals surface area contributed by atoms with Gasteiger partial charge in [0.05, 0.1) is 10.0 Å². The van der Waals surface area contributed by atoms with Gasteiger partial charge in [0.2, 0.25) is 0 Å².